The lowest BCUT2D eigenvalue weighted by Crippen LogP contribution is -2.40. The maximum atomic E-state index is 13.2. The van der Waals surface area contributed by atoms with Gasteiger partial charge in [-0.1, -0.05) is 32.1 Å². The molecule has 2 aliphatic rings. The van der Waals surface area contributed by atoms with Crippen molar-refractivity contribution < 1.29 is 14.3 Å². The third kappa shape index (κ3) is 4.26. The number of aliphatic hydroxyl groups is 1. The zero-order valence-corrected chi connectivity index (χ0v) is 14.1. The Bertz CT molecular complexity index is 572. The van der Waals surface area contributed by atoms with Gasteiger partial charge < -0.3 is 15.3 Å². The van der Waals surface area contributed by atoms with Crippen molar-refractivity contribution in [3.8, 4) is 0 Å². The predicted octanol–water partition coefficient (Wildman–Crippen LogP) is 2.64. The maximum absolute atomic E-state index is 13.2. The van der Waals surface area contributed by atoms with E-state index in [2.05, 4.69) is 10.2 Å². The number of aliphatic hydroxyl groups excluding tert-OH is 1. The van der Waals surface area contributed by atoms with Gasteiger partial charge >= 0.3 is 0 Å². The van der Waals surface area contributed by atoms with Gasteiger partial charge in [-0.2, -0.15) is 0 Å². The molecule has 1 aromatic carbocycles. The molecule has 2 N–H and O–H groups in total. The van der Waals surface area contributed by atoms with Gasteiger partial charge in [-0.3, -0.25) is 4.79 Å². The fraction of sp³-hybridized carbons (Fsp3) is 0.632. The van der Waals surface area contributed by atoms with Gasteiger partial charge in [0, 0.05) is 25.3 Å². The summed E-state index contributed by atoms with van der Waals surface area (Å²) in [4.78, 5) is 14.2. The van der Waals surface area contributed by atoms with Crippen LogP contribution in [0.4, 0.5) is 10.1 Å². The lowest BCUT2D eigenvalue weighted by Gasteiger charge is -2.24. The zero-order valence-electron chi connectivity index (χ0n) is 14.1. The van der Waals surface area contributed by atoms with Crippen molar-refractivity contribution in [1.82, 2.24) is 5.32 Å². The minimum atomic E-state index is -0.895. The maximum Gasteiger partial charge on any atom is 0.248 e. The molecule has 1 fully saturated rings. The standard InChI is InChI=1S/C19H27FN2O2/c20-16-6-7-17-15(13-16)8-10-22(17)11-9-21-19(24)18(23)12-14-4-2-1-3-5-14/h6-7,13-14,18,23H,1-5,8-12H2,(H,21,24)/t18-/m0/s1. The van der Waals surface area contributed by atoms with Crippen LogP contribution in [-0.2, 0) is 11.2 Å². The first-order chi connectivity index (χ1) is 11.6. The number of carbonyl (C=O) groups excluding carboxylic acids is 1. The second-order valence-corrected chi connectivity index (χ2v) is 7.06. The molecule has 0 radical (unpaired) electrons. The smallest absolute Gasteiger partial charge is 0.248 e. The average Bonchev–Trinajstić information content (AvgIpc) is 2.97. The van der Waals surface area contributed by atoms with E-state index >= 15 is 0 Å². The van der Waals surface area contributed by atoms with Crippen molar-refractivity contribution >= 4 is 11.6 Å². The molecule has 24 heavy (non-hydrogen) atoms. The molecule has 132 valence electrons. The van der Waals surface area contributed by atoms with Crippen molar-refractivity contribution in [2.45, 2.75) is 51.0 Å². The molecule has 1 aromatic rings. The molecule has 1 aliphatic heterocycles. The average molecular weight is 334 g/mol. The number of anilines is 1. The van der Waals surface area contributed by atoms with Crippen LogP contribution in [0.3, 0.4) is 0 Å². The van der Waals surface area contributed by atoms with Crippen molar-refractivity contribution in [1.29, 1.82) is 0 Å². The summed E-state index contributed by atoms with van der Waals surface area (Å²) in [7, 11) is 0. The Balaban J connectivity index is 1.41. The molecule has 1 aliphatic carbocycles. The second-order valence-electron chi connectivity index (χ2n) is 7.06. The number of fused-ring (bicyclic) bond motifs is 1. The Hall–Kier alpha value is -1.62. The summed E-state index contributed by atoms with van der Waals surface area (Å²) in [6.45, 7) is 2.02. The van der Waals surface area contributed by atoms with Crippen LogP contribution in [0.25, 0.3) is 0 Å². The lowest BCUT2D eigenvalue weighted by atomic mass is 9.85. The quantitative estimate of drug-likeness (QED) is 0.841. The number of nitrogens with zero attached hydrogens (tertiary/aromatic N) is 1. The molecule has 0 saturated heterocycles. The molecular weight excluding hydrogens is 307 g/mol. The van der Waals surface area contributed by atoms with E-state index < -0.39 is 6.10 Å². The number of nitrogens with one attached hydrogen (secondary N) is 1. The van der Waals surface area contributed by atoms with Gasteiger partial charge in [0.25, 0.3) is 0 Å². The Morgan fingerprint density at radius 2 is 2.12 bits per heavy atom. The third-order valence-corrected chi connectivity index (χ3v) is 5.30. The summed E-state index contributed by atoms with van der Waals surface area (Å²) in [6, 6.07) is 4.86. The van der Waals surface area contributed by atoms with Crippen LogP contribution < -0.4 is 10.2 Å². The summed E-state index contributed by atoms with van der Waals surface area (Å²) in [5.41, 5.74) is 2.08. The topological polar surface area (TPSA) is 52.6 Å². The number of halogens is 1. The molecule has 4 nitrogen and oxygen atoms in total. The van der Waals surface area contributed by atoms with E-state index in [0.717, 1.165) is 37.1 Å². The van der Waals surface area contributed by atoms with Crippen LogP contribution in [0, 0.1) is 11.7 Å². The predicted molar refractivity (Wildman–Crippen MR) is 92.5 cm³/mol. The molecule has 3 rings (SSSR count). The third-order valence-electron chi connectivity index (χ3n) is 5.30. The van der Waals surface area contributed by atoms with Crippen LogP contribution in [0.5, 0.6) is 0 Å². The molecule has 1 saturated carbocycles. The van der Waals surface area contributed by atoms with Crippen LogP contribution in [0.2, 0.25) is 0 Å². The summed E-state index contributed by atoms with van der Waals surface area (Å²) >= 11 is 0. The van der Waals surface area contributed by atoms with Crippen molar-refractivity contribution in [3.63, 3.8) is 0 Å². The first-order valence-electron chi connectivity index (χ1n) is 9.12. The van der Waals surface area contributed by atoms with Crippen molar-refractivity contribution in [3.05, 3.63) is 29.6 Å². The molecule has 0 spiro atoms. The minimum Gasteiger partial charge on any atom is -0.383 e. The van der Waals surface area contributed by atoms with Crippen molar-refractivity contribution in [2.24, 2.45) is 5.92 Å². The van der Waals surface area contributed by atoms with E-state index in [1.165, 1.54) is 25.3 Å². The molecule has 1 atom stereocenters. The Morgan fingerprint density at radius 3 is 2.92 bits per heavy atom. The highest BCUT2D eigenvalue weighted by atomic mass is 19.1. The van der Waals surface area contributed by atoms with Gasteiger partial charge in [0.2, 0.25) is 5.91 Å². The summed E-state index contributed by atoms with van der Waals surface area (Å²) < 4.78 is 13.2. The largest absolute Gasteiger partial charge is 0.383 e. The number of hydrogen-bond donors (Lipinski definition) is 2. The zero-order chi connectivity index (χ0) is 16.9. The number of amides is 1. The van der Waals surface area contributed by atoms with E-state index in [4.69, 9.17) is 0 Å². The minimum absolute atomic E-state index is 0.199. The first-order valence-corrected chi connectivity index (χ1v) is 9.12. The van der Waals surface area contributed by atoms with Crippen LogP contribution in [0.1, 0.15) is 44.1 Å². The fourth-order valence-electron chi connectivity index (χ4n) is 3.95. The van der Waals surface area contributed by atoms with Gasteiger partial charge in [-0.05, 0) is 42.5 Å². The highest BCUT2D eigenvalue weighted by molar-refractivity contribution is 5.80. The fourth-order valence-corrected chi connectivity index (χ4v) is 3.95. The molecule has 5 heteroatoms. The lowest BCUT2D eigenvalue weighted by molar-refractivity contribution is -0.130. The molecular formula is C19H27FN2O2. The van der Waals surface area contributed by atoms with Gasteiger partial charge in [-0.15, -0.1) is 0 Å². The Kier molecular flexibility index (Phi) is 5.72. The number of hydrogen-bond acceptors (Lipinski definition) is 3. The molecule has 1 amide bonds. The molecule has 0 unspecified atom stereocenters. The highest BCUT2D eigenvalue weighted by Crippen LogP contribution is 2.28. The second kappa shape index (κ2) is 7.97. The highest BCUT2D eigenvalue weighted by Gasteiger charge is 2.23. The Morgan fingerprint density at radius 1 is 1.33 bits per heavy atom. The van der Waals surface area contributed by atoms with E-state index in [1.807, 2.05) is 0 Å². The molecule has 1 heterocycles. The molecule has 0 aromatic heterocycles. The SMILES string of the molecule is O=C(NCCN1CCc2cc(F)ccc21)[C@@H](O)CC1CCCCC1. The summed E-state index contributed by atoms with van der Waals surface area (Å²) in [6.07, 6.45) is 6.50. The van der Waals surface area contributed by atoms with Gasteiger partial charge in [0.05, 0.1) is 0 Å². The van der Waals surface area contributed by atoms with Crippen LogP contribution in [0.15, 0.2) is 18.2 Å². The summed E-state index contributed by atoms with van der Waals surface area (Å²) in [5, 5.41) is 12.9. The van der Waals surface area contributed by atoms with E-state index in [-0.39, 0.29) is 11.7 Å². The normalized spacial score (nSPS) is 19.2. The Labute approximate surface area is 143 Å². The van der Waals surface area contributed by atoms with E-state index in [1.54, 1.807) is 12.1 Å². The van der Waals surface area contributed by atoms with E-state index in [0.29, 0.717) is 25.4 Å². The summed E-state index contributed by atoms with van der Waals surface area (Å²) in [5.74, 6) is 0.0219. The van der Waals surface area contributed by atoms with Gasteiger partial charge in [-0.25, -0.2) is 4.39 Å². The molecule has 0 bridgehead atoms. The van der Waals surface area contributed by atoms with Gasteiger partial charge in [0.15, 0.2) is 0 Å². The monoisotopic (exact) mass is 334 g/mol. The van der Waals surface area contributed by atoms with Crippen molar-refractivity contribution in [2.75, 3.05) is 24.5 Å². The number of benzene rings is 1. The number of carbonyl (C=O) groups is 1. The number of rotatable bonds is 6. The van der Waals surface area contributed by atoms with Crippen LogP contribution >= 0.6 is 0 Å². The first kappa shape index (κ1) is 17.2. The van der Waals surface area contributed by atoms with E-state index in [9.17, 15) is 14.3 Å². The van der Waals surface area contributed by atoms with Gasteiger partial charge in [0.1, 0.15) is 11.9 Å². The van der Waals surface area contributed by atoms with Crippen LogP contribution in [-0.4, -0.2) is 36.8 Å².